The van der Waals surface area contributed by atoms with Gasteiger partial charge in [-0.3, -0.25) is 4.79 Å². The average Bonchev–Trinajstić information content (AvgIpc) is 2.94. The summed E-state index contributed by atoms with van der Waals surface area (Å²) in [5, 5.41) is 2.81. The third kappa shape index (κ3) is 3.23. The highest BCUT2D eigenvalue weighted by Gasteiger charge is 2.09. The maximum absolute atomic E-state index is 12.0. The molecule has 22 heavy (non-hydrogen) atoms. The molecule has 1 amide bonds. The second-order valence-electron chi connectivity index (χ2n) is 5.10. The fourth-order valence-electron chi connectivity index (χ4n) is 2.26. The molecule has 0 aliphatic rings. The Morgan fingerprint density at radius 3 is 2.73 bits per heavy atom. The number of nitrogens with one attached hydrogen (secondary N) is 1. The summed E-state index contributed by atoms with van der Waals surface area (Å²) in [6, 6.07) is 11.4. The molecule has 0 spiro atoms. The molecule has 5 nitrogen and oxygen atoms in total. The predicted molar refractivity (Wildman–Crippen MR) is 87.5 cm³/mol. The van der Waals surface area contributed by atoms with Gasteiger partial charge in [-0.1, -0.05) is 12.1 Å². The highest BCUT2D eigenvalue weighted by atomic mass is 32.1. The number of benzene rings is 2. The predicted octanol–water partition coefficient (Wildman–Crippen LogP) is 3.33. The molecule has 112 valence electrons. The molecule has 1 heterocycles. The van der Waals surface area contributed by atoms with Crippen LogP contribution in [0.1, 0.15) is 11.1 Å². The van der Waals surface area contributed by atoms with Crippen molar-refractivity contribution in [3.8, 4) is 5.75 Å². The first-order valence-electron chi connectivity index (χ1n) is 6.84. The lowest BCUT2D eigenvalue weighted by molar-refractivity contribution is -0.118. The Labute approximate surface area is 132 Å². The van der Waals surface area contributed by atoms with Gasteiger partial charge in [0.1, 0.15) is 16.8 Å². The Morgan fingerprint density at radius 1 is 1.18 bits per heavy atom. The topological polar surface area (TPSA) is 64.1 Å². The van der Waals surface area contributed by atoms with Gasteiger partial charge in [0, 0.05) is 0 Å². The van der Waals surface area contributed by atoms with E-state index in [1.54, 1.807) is 6.07 Å². The normalized spacial score (nSPS) is 10.6. The van der Waals surface area contributed by atoms with Gasteiger partial charge in [0.05, 0.1) is 17.4 Å². The second kappa shape index (κ2) is 6.11. The van der Waals surface area contributed by atoms with Gasteiger partial charge in [0.2, 0.25) is 0 Å². The molecule has 1 aromatic heterocycles. The van der Waals surface area contributed by atoms with Gasteiger partial charge in [-0.2, -0.15) is 8.75 Å². The second-order valence-corrected chi connectivity index (χ2v) is 5.63. The summed E-state index contributed by atoms with van der Waals surface area (Å²) < 4.78 is 13.9. The number of nitrogens with zero attached hydrogens (tertiary/aromatic N) is 2. The molecular weight excluding hydrogens is 298 g/mol. The molecular formula is C16H15N3O2S. The van der Waals surface area contributed by atoms with Gasteiger partial charge in [0.15, 0.2) is 6.61 Å². The Balaban J connectivity index is 1.66. The first-order valence-corrected chi connectivity index (χ1v) is 7.57. The maximum Gasteiger partial charge on any atom is 0.262 e. The highest BCUT2D eigenvalue weighted by Crippen LogP contribution is 2.21. The number of ether oxygens (including phenoxy) is 1. The molecule has 3 aromatic rings. The van der Waals surface area contributed by atoms with Crippen molar-refractivity contribution >= 4 is 34.4 Å². The number of carbonyl (C=O) groups is 1. The van der Waals surface area contributed by atoms with E-state index in [4.69, 9.17) is 4.74 Å². The zero-order valence-electron chi connectivity index (χ0n) is 12.3. The largest absolute Gasteiger partial charge is 0.484 e. The van der Waals surface area contributed by atoms with Gasteiger partial charge in [-0.05, 0) is 49.2 Å². The molecule has 0 unspecified atom stereocenters. The van der Waals surface area contributed by atoms with Crippen LogP contribution in [-0.4, -0.2) is 21.3 Å². The number of fused-ring (bicyclic) bond motifs is 1. The summed E-state index contributed by atoms with van der Waals surface area (Å²) >= 11 is 1.12. The molecule has 0 bridgehead atoms. The maximum atomic E-state index is 12.0. The number of aromatic nitrogens is 2. The van der Waals surface area contributed by atoms with Crippen molar-refractivity contribution in [1.29, 1.82) is 0 Å². The molecule has 1 N–H and O–H groups in total. The van der Waals surface area contributed by atoms with Crippen LogP contribution in [0.25, 0.3) is 11.0 Å². The highest BCUT2D eigenvalue weighted by molar-refractivity contribution is 7.00. The van der Waals surface area contributed by atoms with Crippen LogP contribution in [0.5, 0.6) is 5.75 Å². The van der Waals surface area contributed by atoms with Crippen molar-refractivity contribution in [2.75, 3.05) is 11.9 Å². The monoisotopic (exact) mass is 313 g/mol. The summed E-state index contributed by atoms with van der Waals surface area (Å²) in [4.78, 5) is 12.0. The summed E-state index contributed by atoms with van der Waals surface area (Å²) in [6.45, 7) is 3.95. The first kappa shape index (κ1) is 14.5. The number of amides is 1. The number of hydrogen-bond acceptors (Lipinski definition) is 5. The minimum absolute atomic E-state index is 0.0448. The number of hydrogen-bond donors (Lipinski definition) is 1. The van der Waals surface area contributed by atoms with Crippen molar-refractivity contribution in [1.82, 2.24) is 8.75 Å². The molecule has 0 fully saturated rings. The number of rotatable bonds is 4. The zero-order chi connectivity index (χ0) is 15.5. The number of aryl methyl sites for hydroxylation is 2. The van der Waals surface area contributed by atoms with Crippen molar-refractivity contribution in [2.45, 2.75) is 13.8 Å². The third-order valence-corrected chi connectivity index (χ3v) is 3.67. The van der Waals surface area contributed by atoms with E-state index in [9.17, 15) is 4.79 Å². The molecule has 0 saturated carbocycles. The average molecular weight is 313 g/mol. The van der Waals surface area contributed by atoms with Crippen molar-refractivity contribution in [3.63, 3.8) is 0 Å². The minimum atomic E-state index is -0.223. The molecule has 0 aliphatic heterocycles. The summed E-state index contributed by atoms with van der Waals surface area (Å²) in [6.07, 6.45) is 0. The quantitative estimate of drug-likeness (QED) is 0.802. The minimum Gasteiger partial charge on any atom is -0.484 e. The Morgan fingerprint density at radius 2 is 1.95 bits per heavy atom. The van der Waals surface area contributed by atoms with Gasteiger partial charge < -0.3 is 10.1 Å². The molecule has 3 rings (SSSR count). The number of anilines is 1. The standard InChI is InChI=1S/C16H15N3O2S/c1-10-6-11(2)8-12(7-10)21-9-15(20)17-13-4-3-5-14-16(13)19-22-18-14/h3-8H,9H2,1-2H3,(H,17,20). The lowest BCUT2D eigenvalue weighted by Crippen LogP contribution is -2.20. The lowest BCUT2D eigenvalue weighted by Gasteiger charge is -2.09. The lowest BCUT2D eigenvalue weighted by atomic mass is 10.1. The van der Waals surface area contributed by atoms with E-state index < -0.39 is 0 Å². The molecule has 6 heteroatoms. The van der Waals surface area contributed by atoms with Crippen molar-refractivity contribution in [2.24, 2.45) is 0 Å². The SMILES string of the molecule is Cc1cc(C)cc(OCC(=O)Nc2cccc3nsnc23)c1. The summed E-state index contributed by atoms with van der Waals surface area (Å²) in [5.74, 6) is 0.473. The Hall–Kier alpha value is -2.47. The fraction of sp³-hybridized carbons (Fsp3) is 0.188. The molecule has 0 atom stereocenters. The van der Waals surface area contributed by atoms with Gasteiger partial charge >= 0.3 is 0 Å². The van der Waals surface area contributed by atoms with E-state index in [0.29, 0.717) is 17.0 Å². The van der Waals surface area contributed by atoms with Crippen LogP contribution >= 0.6 is 11.7 Å². The van der Waals surface area contributed by atoms with E-state index in [1.165, 1.54) is 0 Å². The van der Waals surface area contributed by atoms with E-state index in [2.05, 4.69) is 20.1 Å². The smallest absolute Gasteiger partial charge is 0.262 e. The first-order chi connectivity index (χ1) is 10.6. The van der Waals surface area contributed by atoms with E-state index in [-0.39, 0.29) is 12.5 Å². The van der Waals surface area contributed by atoms with Crippen LogP contribution in [0, 0.1) is 13.8 Å². The van der Waals surface area contributed by atoms with E-state index in [1.807, 2.05) is 38.1 Å². The van der Waals surface area contributed by atoms with Crippen molar-refractivity contribution < 1.29 is 9.53 Å². The number of carbonyl (C=O) groups excluding carboxylic acids is 1. The molecule has 0 aliphatic carbocycles. The Kier molecular flexibility index (Phi) is 4.02. The zero-order valence-corrected chi connectivity index (χ0v) is 13.1. The fourth-order valence-corrected chi connectivity index (χ4v) is 2.81. The van der Waals surface area contributed by atoms with Gasteiger partial charge in [-0.25, -0.2) is 0 Å². The molecule has 0 radical (unpaired) electrons. The van der Waals surface area contributed by atoms with Gasteiger partial charge in [0.25, 0.3) is 5.91 Å². The molecule has 2 aromatic carbocycles. The molecule has 0 saturated heterocycles. The van der Waals surface area contributed by atoms with Crippen LogP contribution in [-0.2, 0) is 4.79 Å². The van der Waals surface area contributed by atoms with Crippen LogP contribution in [0.3, 0.4) is 0 Å². The van der Waals surface area contributed by atoms with Gasteiger partial charge in [-0.15, -0.1) is 0 Å². The Bertz CT molecular complexity index is 809. The van der Waals surface area contributed by atoms with Crippen LogP contribution < -0.4 is 10.1 Å². The summed E-state index contributed by atoms with van der Waals surface area (Å²) in [7, 11) is 0. The van der Waals surface area contributed by atoms with Crippen LogP contribution in [0.4, 0.5) is 5.69 Å². The van der Waals surface area contributed by atoms with E-state index >= 15 is 0 Å². The van der Waals surface area contributed by atoms with E-state index in [0.717, 1.165) is 28.4 Å². The summed E-state index contributed by atoms with van der Waals surface area (Å²) in [5.41, 5.74) is 4.34. The van der Waals surface area contributed by atoms with Crippen LogP contribution in [0.15, 0.2) is 36.4 Å². The van der Waals surface area contributed by atoms with Crippen molar-refractivity contribution in [3.05, 3.63) is 47.5 Å². The third-order valence-electron chi connectivity index (χ3n) is 3.13. The van der Waals surface area contributed by atoms with Crippen LogP contribution in [0.2, 0.25) is 0 Å².